The van der Waals surface area contributed by atoms with Gasteiger partial charge in [0.25, 0.3) is 0 Å². The van der Waals surface area contributed by atoms with E-state index in [1.54, 1.807) is 12.3 Å². The predicted octanol–water partition coefficient (Wildman–Crippen LogP) is 2.21. The molecular formula is C14H19N5O. The molecule has 0 bridgehead atoms. The third-order valence-corrected chi connectivity index (χ3v) is 3.76. The standard InChI is InChI=1S/C14H19N5O/c1-3-6-14(7-4-8-16-14)13-18-12(19-20-13)11-5-9-15-10(2)17-11/h5,9,16H,3-4,6-8H2,1-2H3. The van der Waals surface area contributed by atoms with Crippen LogP contribution in [-0.2, 0) is 5.54 Å². The maximum atomic E-state index is 5.51. The van der Waals surface area contributed by atoms with Crippen molar-refractivity contribution in [3.63, 3.8) is 0 Å². The van der Waals surface area contributed by atoms with Gasteiger partial charge in [0.05, 0.1) is 5.54 Å². The number of hydrogen-bond donors (Lipinski definition) is 1. The first-order chi connectivity index (χ1) is 9.73. The minimum Gasteiger partial charge on any atom is -0.337 e. The van der Waals surface area contributed by atoms with E-state index in [9.17, 15) is 0 Å². The van der Waals surface area contributed by atoms with Crippen molar-refractivity contribution >= 4 is 0 Å². The van der Waals surface area contributed by atoms with Crippen molar-refractivity contribution in [1.82, 2.24) is 25.4 Å². The Morgan fingerprint density at radius 3 is 3.00 bits per heavy atom. The van der Waals surface area contributed by atoms with Crippen LogP contribution < -0.4 is 5.32 Å². The van der Waals surface area contributed by atoms with Crippen LogP contribution in [0.25, 0.3) is 11.5 Å². The van der Waals surface area contributed by atoms with Crippen LogP contribution in [0.1, 0.15) is 44.3 Å². The molecule has 1 saturated heterocycles. The zero-order valence-electron chi connectivity index (χ0n) is 11.9. The average molecular weight is 273 g/mol. The first-order valence-corrected chi connectivity index (χ1v) is 7.13. The van der Waals surface area contributed by atoms with Crippen molar-refractivity contribution in [3.8, 4) is 11.5 Å². The Kier molecular flexibility index (Phi) is 3.48. The van der Waals surface area contributed by atoms with E-state index in [-0.39, 0.29) is 5.54 Å². The second-order valence-electron chi connectivity index (χ2n) is 5.27. The smallest absolute Gasteiger partial charge is 0.247 e. The maximum Gasteiger partial charge on any atom is 0.247 e. The van der Waals surface area contributed by atoms with Crippen molar-refractivity contribution in [3.05, 3.63) is 24.0 Å². The van der Waals surface area contributed by atoms with Gasteiger partial charge in [-0.15, -0.1) is 0 Å². The molecule has 0 aliphatic carbocycles. The van der Waals surface area contributed by atoms with Gasteiger partial charge in [0.15, 0.2) is 0 Å². The zero-order chi connectivity index (χ0) is 14.0. The van der Waals surface area contributed by atoms with Gasteiger partial charge in [-0.2, -0.15) is 4.98 Å². The number of rotatable bonds is 4. The highest BCUT2D eigenvalue weighted by Gasteiger charge is 2.39. The molecule has 0 amide bonds. The first-order valence-electron chi connectivity index (χ1n) is 7.13. The van der Waals surface area contributed by atoms with Crippen molar-refractivity contribution < 1.29 is 4.52 Å². The van der Waals surface area contributed by atoms with Gasteiger partial charge in [0.2, 0.25) is 11.7 Å². The monoisotopic (exact) mass is 273 g/mol. The van der Waals surface area contributed by atoms with E-state index in [2.05, 4.69) is 32.3 Å². The molecule has 1 atom stereocenters. The van der Waals surface area contributed by atoms with Crippen LogP contribution in [0.15, 0.2) is 16.8 Å². The molecular weight excluding hydrogens is 254 g/mol. The van der Waals surface area contributed by atoms with Crippen LogP contribution in [0.5, 0.6) is 0 Å². The lowest BCUT2D eigenvalue weighted by Crippen LogP contribution is -2.36. The normalized spacial score (nSPS) is 22.3. The van der Waals surface area contributed by atoms with Crippen molar-refractivity contribution in [2.75, 3.05) is 6.54 Å². The number of aromatic nitrogens is 4. The second-order valence-corrected chi connectivity index (χ2v) is 5.27. The van der Waals surface area contributed by atoms with Gasteiger partial charge in [-0.25, -0.2) is 9.97 Å². The van der Waals surface area contributed by atoms with Crippen molar-refractivity contribution in [2.45, 2.75) is 45.1 Å². The van der Waals surface area contributed by atoms with Gasteiger partial charge in [-0.05, 0) is 38.8 Å². The molecule has 6 heteroatoms. The zero-order valence-corrected chi connectivity index (χ0v) is 11.9. The summed E-state index contributed by atoms with van der Waals surface area (Å²) in [4.78, 5) is 13.0. The highest BCUT2D eigenvalue weighted by atomic mass is 16.5. The largest absolute Gasteiger partial charge is 0.337 e. The van der Waals surface area contributed by atoms with E-state index in [0.717, 1.165) is 32.2 Å². The molecule has 0 aromatic carbocycles. The Morgan fingerprint density at radius 1 is 1.40 bits per heavy atom. The fourth-order valence-electron chi connectivity index (χ4n) is 2.84. The molecule has 0 saturated carbocycles. The Balaban J connectivity index is 1.93. The Hall–Kier alpha value is -1.82. The lowest BCUT2D eigenvalue weighted by molar-refractivity contribution is 0.241. The molecule has 1 aliphatic heterocycles. The molecule has 1 N–H and O–H groups in total. The molecule has 20 heavy (non-hydrogen) atoms. The first kappa shape index (κ1) is 13.2. The van der Waals surface area contributed by atoms with E-state index < -0.39 is 0 Å². The summed E-state index contributed by atoms with van der Waals surface area (Å²) in [6.07, 6.45) is 5.99. The maximum absolute atomic E-state index is 5.51. The van der Waals surface area contributed by atoms with Crippen LogP contribution in [0, 0.1) is 6.92 Å². The van der Waals surface area contributed by atoms with Crippen LogP contribution in [0.2, 0.25) is 0 Å². The summed E-state index contributed by atoms with van der Waals surface area (Å²) in [5, 5.41) is 7.62. The summed E-state index contributed by atoms with van der Waals surface area (Å²) in [5.74, 6) is 1.92. The summed E-state index contributed by atoms with van der Waals surface area (Å²) < 4.78 is 5.51. The second kappa shape index (κ2) is 5.28. The highest BCUT2D eigenvalue weighted by molar-refractivity contribution is 5.47. The fourth-order valence-corrected chi connectivity index (χ4v) is 2.84. The lowest BCUT2D eigenvalue weighted by atomic mass is 9.92. The molecule has 1 aliphatic rings. The van der Waals surface area contributed by atoms with Gasteiger partial charge in [-0.1, -0.05) is 18.5 Å². The summed E-state index contributed by atoms with van der Waals surface area (Å²) in [5.41, 5.74) is 0.555. The average Bonchev–Trinajstić information content (AvgIpc) is 3.08. The van der Waals surface area contributed by atoms with Crippen LogP contribution in [0.4, 0.5) is 0 Å². The highest BCUT2D eigenvalue weighted by Crippen LogP contribution is 2.34. The van der Waals surface area contributed by atoms with Crippen LogP contribution in [-0.4, -0.2) is 26.7 Å². The van der Waals surface area contributed by atoms with Gasteiger partial charge in [0.1, 0.15) is 11.5 Å². The van der Waals surface area contributed by atoms with E-state index >= 15 is 0 Å². The summed E-state index contributed by atoms with van der Waals surface area (Å²) in [6, 6.07) is 1.80. The topological polar surface area (TPSA) is 76.7 Å². The summed E-state index contributed by atoms with van der Waals surface area (Å²) >= 11 is 0. The SMILES string of the molecule is CCCC1(c2nc(-c3ccnc(C)n3)no2)CCCN1. The summed E-state index contributed by atoms with van der Waals surface area (Å²) in [6.45, 7) is 5.03. The van der Waals surface area contributed by atoms with Crippen LogP contribution in [0.3, 0.4) is 0 Å². The number of nitrogens with zero attached hydrogens (tertiary/aromatic N) is 4. The molecule has 2 aromatic rings. The molecule has 106 valence electrons. The Labute approximate surface area is 118 Å². The molecule has 2 aromatic heterocycles. The third-order valence-electron chi connectivity index (χ3n) is 3.76. The lowest BCUT2D eigenvalue weighted by Gasteiger charge is -2.24. The Morgan fingerprint density at radius 2 is 2.30 bits per heavy atom. The molecule has 3 heterocycles. The number of nitrogens with one attached hydrogen (secondary N) is 1. The molecule has 3 rings (SSSR count). The molecule has 1 fully saturated rings. The quantitative estimate of drug-likeness (QED) is 0.920. The molecule has 1 unspecified atom stereocenters. The van der Waals surface area contributed by atoms with E-state index in [0.29, 0.717) is 23.2 Å². The predicted molar refractivity (Wildman–Crippen MR) is 73.9 cm³/mol. The number of aryl methyl sites for hydroxylation is 1. The molecule has 6 nitrogen and oxygen atoms in total. The molecule has 0 spiro atoms. The van der Waals surface area contributed by atoms with Crippen LogP contribution >= 0.6 is 0 Å². The third kappa shape index (κ3) is 2.31. The summed E-state index contributed by atoms with van der Waals surface area (Å²) in [7, 11) is 0. The minimum absolute atomic E-state index is 0.151. The van der Waals surface area contributed by atoms with E-state index in [1.807, 2.05) is 6.92 Å². The minimum atomic E-state index is -0.151. The van der Waals surface area contributed by atoms with Gasteiger partial charge >= 0.3 is 0 Å². The van der Waals surface area contributed by atoms with Gasteiger partial charge in [-0.3, -0.25) is 0 Å². The van der Waals surface area contributed by atoms with E-state index in [4.69, 9.17) is 4.52 Å². The van der Waals surface area contributed by atoms with Crippen molar-refractivity contribution in [1.29, 1.82) is 0 Å². The van der Waals surface area contributed by atoms with Gasteiger partial charge in [0, 0.05) is 6.20 Å². The number of hydrogen-bond acceptors (Lipinski definition) is 6. The Bertz CT molecular complexity index is 589. The molecule has 0 radical (unpaired) electrons. The van der Waals surface area contributed by atoms with Crippen molar-refractivity contribution in [2.24, 2.45) is 0 Å². The van der Waals surface area contributed by atoms with E-state index in [1.165, 1.54) is 0 Å². The van der Waals surface area contributed by atoms with Gasteiger partial charge < -0.3 is 9.84 Å². The fraction of sp³-hybridized carbons (Fsp3) is 0.571.